The third-order valence-corrected chi connectivity index (χ3v) is 6.28. The lowest BCUT2D eigenvalue weighted by Crippen LogP contribution is -2.31. The lowest BCUT2D eigenvalue weighted by molar-refractivity contribution is -0.135. The molecule has 1 atom stereocenters. The minimum absolute atomic E-state index is 0.270. The highest BCUT2D eigenvalue weighted by Gasteiger charge is 2.35. The normalized spacial score (nSPS) is 15.1. The van der Waals surface area contributed by atoms with Crippen LogP contribution >= 0.6 is 11.3 Å². The summed E-state index contributed by atoms with van der Waals surface area (Å²) in [5.74, 6) is 0.333. The summed E-state index contributed by atoms with van der Waals surface area (Å²) >= 11 is 1.57. The van der Waals surface area contributed by atoms with Crippen LogP contribution in [0.3, 0.4) is 0 Å². The molecule has 0 radical (unpaired) electrons. The van der Waals surface area contributed by atoms with Gasteiger partial charge in [0.05, 0.1) is 22.4 Å². The van der Waals surface area contributed by atoms with Gasteiger partial charge in [-0.15, -0.1) is 11.3 Å². The quantitative estimate of drug-likeness (QED) is 0.394. The average Bonchev–Trinajstić information content (AvgIpc) is 3.64. The van der Waals surface area contributed by atoms with Crippen LogP contribution in [0.25, 0.3) is 0 Å². The van der Waals surface area contributed by atoms with Gasteiger partial charge in [0.1, 0.15) is 17.6 Å². The van der Waals surface area contributed by atoms with Crippen LogP contribution < -0.4 is 10.1 Å². The fourth-order valence-corrected chi connectivity index (χ4v) is 4.46. The minimum atomic E-state index is -0.347. The molecule has 0 aliphatic carbocycles. The van der Waals surface area contributed by atoms with Crippen LogP contribution in [0.4, 0.5) is 5.69 Å². The van der Waals surface area contributed by atoms with Crippen molar-refractivity contribution < 1.29 is 18.7 Å². The molecule has 7 nitrogen and oxygen atoms in total. The van der Waals surface area contributed by atoms with E-state index < -0.39 is 0 Å². The Labute approximate surface area is 200 Å². The molecular weight excluding hydrogens is 450 g/mol. The number of anilines is 1. The molecule has 4 aromatic rings. The van der Waals surface area contributed by atoms with E-state index in [1.165, 1.54) is 5.01 Å². The number of benzene rings is 2. The van der Waals surface area contributed by atoms with Gasteiger partial charge in [0.25, 0.3) is 11.8 Å². The SMILES string of the molecule is O=C(Nc1ccccc1)c1ccccc1OCC(=O)N1N=C(c2cccs2)CC1c1ccco1. The van der Waals surface area contributed by atoms with Crippen molar-refractivity contribution in [1.82, 2.24) is 5.01 Å². The number of furan rings is 1. The summed E-state index contributed by atoms with van der Waals surface area (Å²) in [4.78, 5) is 27.0. The Kier molecular flexibility index (Phi) is 6.22. The third-order valence-electron chi connectivity index (χ3n) is 5.36. The summed E-state index contributed by atoms with van der Waals surface area (Å²) < 4.78 is 11.4. The molecule has 0 saturated carbocycles. The van der Waals surface area contributed by atoms with E-state index in [4.69, 9.17) is 9.15 Å². The van der Waals surface area contributed by atoms with Gasteiger partial charge in [-0.1, -0.05) is 36.4 Å². The first-order valence-corrected chi connectivity index (χ1v) is 11.6. The van der Waals surface area contributed by atoms with Crippen LogP contribution in [0.5, 0.6) is 5.75 Å². The van der Waals surface area contributed by atoms with Crippen molar-refractivity contribution in [3.63, 3.8) is 0 Å². The summed E-state index contributed by atoms with van der Waals surface area (Å²) in [5.41, 5.74) is 1.84. The smallest absolute Gasteiger partial charge is 0.281 e. The molecule has 0 spiro atoms. The fourth-order valence-electron chi connectivity index (χ4n) is 3.74. The van der Waals surface area contributed by atoms with Gasteiger partial charge in [-0.05, 0) is 47.8 Å². The monoisotopic (exact) mass is 471 g/mol. The van der Waals surface area contributed by atoms with Crippen molar-refractivity contribution in [2.45, 2.75) is 12.5 Å². The molecule has 170 valence electrons. The number of rotatable bonds is 7. The second-order valence-corrected chi connectivity index (χ2v) is 8.55. The Hall–Kier alpha value is -4.17. The first kappa shape index (κ1) is 21.7. The van der Waals surface area contributed by atoms with E-state index in [-0.39, 0.29) is 24.5 Å². The fraction of sp³-hybridized carbons (Fsp3) is 0.115. The van der Waals surface area contributed by atoms with Gasteiger partial charge in [-0.25, -0.2) is 5.01 Å². The van der Waals surface area contributed by atoms with E-state index in [1.807, 2.05) is 41.8 Å². The number of amides is 2. The number of carbonyl (C=O) groups excluding carboxylic acids is 2. The molecule has 0 saturated heterocycles. The number of nitrogens with one attached hydrogen (secondary N) is 1. The Bertz CT molecular complexity index is 1300. The van der Waals surface area contributed by atoms with Crippen molar-refractivity contribution in [3.8, 4) is 5.75 Å². The summed E-state index contributed by atoms with van der Waals surface area (Å²) in [6.45, 7) is -0.270. The highest BCUT2D eigenvalue weighted by Crippen LogP contribution is 2.34. The van der Waals surface area contributed by atoms with Crippen molar-refractivity contribution in [2.24, 2.45) is 5.10 Å². The summed E-state index contributed by atoms with van der Waals surface area (Å²) in [7, 11) is 0. The van der Waals surface area contributed by atoms with Gasteiger partial charge >= 0.3 is 0 Å². The number of nitrogens with zero attached hydrogens (tertiary/aromatic N) is 2. The zero-order valence-electron chi connectivity index (χ0n) is 18.1. The summed E-state index contributed by atoms with van der Waals surface area (Å²) in [6, 6.07) is 23.2. The lowest BCUT2D eigenvalue weighted by atomic mass is 10.1. The second kappa shape index (κ2) is 9.76. The molecule has 1 aliphatic rings. The molecule has 1 unspecified atom stereocenters. The van der Waals surface area contributed by atoms with Gasteiger partial charge in [-0.3, -0.25) is 9.59 Å². The number of hydrazone groups is 1. The molecule has 0 bridgehead atoms. The van der Waals surface area contributed by atoms with Gasteiger partial charge in [-0.2, -0.15) is 5.10 Å². The summed E-state index contributed by atoms with van der Waals surface area (Å²) in [5, 5.41) is 10.8. The molecule has 2 aromatic carbocycles. The maximum atomic E-state index is 13.2. The van der Waals surface area contributed by atoms with Crippen molar-refractivity contribution >= 4 is 34.6 Å². The van der Waals surface area contributed by atoms with E-state index in [1.54, 1.807) is 60.1 Å². The van der Waals surface area contributed by atoms with Gasteiger partial charge in [0.2, 0.25) is 0 Å². The first-order chi connectivity index (χ1) is 16.7. The Morgan fingerprint density at radius 3 is 2.62 bits per heavy atom. The molecular formula is C26H21N3O4S. The average molecular weight is 472 g/mol. The van der Waals surface area contributed by atoms with E-state index in [0.717, 1.165) is 10.6 Å². The Morgan fingerprint density at radius 1 is 1.03 bits per heavy atom. The maximum absolute atomic E-state index is 13.2. The number of para-hydroxylation sites is 2. The van der Waals surface area contributed by atoms with E-state index in [9.17, 15) is 9.59 Å². The van der Waals surface area contributed by atoms with Crippen LogP contribution in [-0.4, -0.2) is 29.1 Å². The van der Waals surface area contributed by atoms with Crippen LogP contribution in [0.1, 0.15) is 33.5 Å². The molecule has 0 fully saturated rings. The van der Waals surface area contributed by atoms with Crippen LogP contribution in [0.15, 0.2) is 100 Å². The van der Waals surface area contributed by atoms with Gasteiger partial charge in [0, 0.05) is 12.1 Å². The number of hydrogen-bond acceptors (Lipinski definition) is 6. The van der Waals surface area contributed by atoms with Crippen molar-refractivity contribution in [3.05, 3.63) is 107 Å². The minimum Gasteiger partial charge on any atom is -0.483 e. The van der Waals surface area contributed by atoms with Gasteiger partial charge in [0.15, 0.2) is 6.61 Å². The van der Waals surface area contributed by atoms with E-state index >= 15 is 0 Å². The van der Waals surface area contributed by atoms with Crippen LogP contribution in [-0.2, 0) is 4.79 Å². The van der Waals surface area contributed by atoms with Crippen LogP contribution in [0, 0.1) is 0 Å². The maximum Gasteiger partial charge on any atom is 0.281 e. The van der Waals surface area contributed by atoms with Crippen LogP contribution in [0.2, 0.25) is 0 Å². The molecule has 2 amide bonds. The molecule has 1 aliphatic heterocycles. The largest absolute Gasteiger partial charge is 0.483 e. The Morgan fingerprint density at radius 2 is 1.85 bits per heavy atom. The summed E-state index contributed by atoms with van der Waals surface area (Å²) in [6.07, 6.45) is 2.13. The molecule has 2 aromatic heterocycles. The predicted octanol–water partition coefficient (Wildman–Crippen LogP) is 5.35. The zero-order chi connectivity index (χ0) is 23.3. The van der Waals surface area contributed by atoms with Gasteiger partial charge < -0.3 is 14.5 Å². The molecule has 3 heterocycles. The number of carbonyl (C=O) groups is 2. The molecule has 34 heavy (non-hydrogen) atoms. The van der Waals surface area contributed by atoms with E-state index in [0.29, 0.717) is 29.2 Å². The molecule has 5 rings (SSSR count). The lowest BCUT2D eigenvalue weighted by Gasteiger charge is -2.20. The number of hydrogen-bond donors (Lipinski definition) is 1. The highest BCUT2D eigenvalue weighted by molar-refractivity contribution is 7.12. The second-order valence-electron chi connectivity index (χ2n) is 7.60. The first-order valence-electron chi connectivity index (χ1n) is 10.7. The standard InChI is InChI=1S/C26H21N3O4S/c30-25(29-21(23-12-6-14-32-23)16-20(28-29)24-13-7-15-34-24)17-33-22-11-5-4-10-19(22)26(31)27-18-8-2-1-3-9-18/h1-15,21H,16-17H2,(H,27,31). The Balaban J connectivity index is 1.32. The van der Waals surface area contributed by atoms with Crippen molar-refractivity contribution in [2.75, 3.05) is 11.9 Å². The molecule has 1 N–H and O–H groups in total. The topological polar surface area (TPSA) is 84.1 Å². The zero-order valence-corrected chi connectivity index (χ0v) is 18.9. The van der Waals surface area contributed by atoms with E-state index in [2.05, 4.69) is 10.4 Å². The predicted molar refractivity (Wildman–Crippen MR) is 130 cm³/mol. The number of ether oxygens (including phenoxy) is 1. The van der Waals surface area contributed by atoms with Crippen molar-refractivity contribution in [1.29, 1.82) is 0 Å². The third kappa shape index (κ3) is 4.62. The highest BCUT2D eigenvalue weighted by atomic mass is 32.1. The molecule has 8 heteroatoms. The number of thiophene rings is 1.